The Morgan fingerprint density at radius 2 is 1.89 bits per heavy atom. The lowest BCUT2D eigenvalue weighted by molar-refractivity contribution is -0.124. The summed E-state index contributed by atoms with van der Waals surface area (Å²) in [5.74, 6) is 2.17. The molecule has 0 radical (unpaired) electrons. The van der Waals surface area contributed by atoms with Crippen LogP contribution in [0.1, 0.15) is 52.9 Å². The first kappa shape index (κ1) is 13.9. The molecule has 3 nitrogen and oxygen atoms in total. The van der Waals surface area contributed by atoms with Gasteiger partial charge in [-0.3, -0.25) is 4.79 Å². The lowest BCUT2D eigenvalue weighted by Crippen LogP contribution is -2.42. The summed E-state index contributed by atoms with van der Waals surface area (Å²) in [6.07, 6.45) is 5.76. The van der Waals surface area contributed by atoms with E-state index in [0.717, 1.165) is 6.42 Å². The van der Waals surface area contributed by atoms with Crippen molar-refractivity contribution >= 4 is 5.91 Å². The van der Waals surface area contributed by atoms with Gasteiger partial charge in [0.2, 0.25) is 5.91 Å². The summed E-state index contributed by atoms with van der Waals surface area (Å²) < 4.78 is 0. The second-order valence-corrected chi connectivity index (χ2v) is 6.95. The highest BCUT2D eigenvalue weighted by Crippen LogP contribution is 2.55. The van der Waals surface area contributed by atoms with E-state index in [9.17, 15) is 9.90 Å². The van der Waals surface area contributed by atoms with E-state index >= 15 is 0 Å². The topological polar surface area (TPSA) is 49.3 Å². The van der Waals surface area contributed by atoms with Crippen LogP contribution in [0.25, 0.3) is 0 Å². The predicted octanol–water partition coefficient (Wildman–Crippen LogP) is 2.34. The van der Waals surface area contributed by atoms with Gasteiger partial charge in [-0.25, -0.2) is 0 Å². The fourth-order valence-corrected chi connectivity index (χ4v) is 3.73. The molecule has 2 aliphatic rings. The highest BCUT2D eigenvalue weighted by molar-refractivity contribution is 5.82. The van der Waals surface area contributed by atoms with Gasteiger partial charge in [-0.15, -0.1) is 0 Å². The fourth-order valence-electron chi connectivity index (χ4n) is 3.73. The van der Waals surface area contributed by atoms with Crippen LogP contribution in [0.15, 0.2) is 0 Å². The first-order chi connectivity index (χ1) is 8.41. The number of amides is 1. The van der Waals surface area contributed by atoms with Crippen molar-refractivity contribution in [3.05, 3.63) is 0 Å². The second kappa shape index (κ2) is 5.20. The van der Waals surface area contributed by atoms with Crippen LogP contribution < -0.4 is 5.32 Å². The zero-order valence-electron chi connectivity index (χ0n) is 11.9. The molecule has 2 aliphatic carbocycles. The molecule has 2 saturated carbocycles. The van der Waals surface area contributed by atoms with Gasteiger partial charge in [0.25, 0.3) is 0 Å². The zero-order valence-corrected chi connectivity index (χ0v) is 11.9. The Balaban J connectivity index is 1.75. The van der Waals surface area contributed by atoms with E-state index in [0.29, 0.717) is 24.3 Å². The second-order valence-electron chi connectivity index (χ2n) is 6.95. The minimum Gasteiger partial charge on any atom is -0.388 e. The summed E-state index contributed by atoms with van der Waals surface area (Å²) in [6, 6.07) is 0. The molecular formula is C15H27NO2. The van der Waals surface area contributed by atoms with Crippen molar-refractivity contribution in [2.24, 2.45) is 23.7 Å². The Hall–Kier alpha value is -0.570. The number of hydrogen-bond donors (Lipinski definition) is 2. The number of rotatable bonds is 5. The number of aliphatic hydroxyl groups is 1. The maximum Gasteiger partial charge on any atom is 0.223 e. The Bertz CT molecular complexity index is 300. The average molecular weight is 253 g/mol. The molecule has 2 rings (SSSR count). The Kier molecular flexibility index (Phi) is 4.00. The Morgan fingerprint density at radius 1 is 1.33 bits per heavy atom. The van der Waals surface area contributed by atoms with Crippen molar-refractivity contribution in [1.82, 2.24) is 5.32 Å². The van der Waals surface area contributed by atoms with E-state index in [-0.39, 0.29) is 11.8 Å². The molecule has 0 aromatic rings. The molecule has 0 aliphatic heterocycles. The van der Waals surface area contributed by atoms with Crippen LogP contribution >= 0.6 is 0 Å². The van der Waals surface area contributed by atoms with Crippen molar-refractivity contribution < 1.29 is 9.90 Å². The number of carbonyl (C=O) groups excluding carboxylic acids is 1. The summed E-state index contributed by atoms with van der Waals surface area (Å²) in [6.45, 7) is 6.38. The van der Waals surface area contributed by atoms with E-state index in [2.05, 4.69) is 19.2 Å². The highest BCUT2D eigenvalue weighted by Gasteiger charge is 2.54. The molecule has 0 bridgehead atoms. The van der Waals surface area contributed by atoms with E-state index < -0.39 is 5.60 Å². The molecule has 0 aromatic heterocycles. The number of carbonyl (C=O) groups is 1. The number of fused-ring (bicyclic) bond motifs is 1. The molecule has 3 unspecified atom stereocenters. The van der Waals surface area contributed by atoms with Crippen molar-refractivity contribution in [2.45, 2.75) is 58.5 Å². The number of nitrogens with one attached hydrogen (secondary N) is 1. The third-order valence-corrected chi connectivity index (χ3v) is 4.45. The smallest absolute Gasteiger partial charge is 0.223 e. The van der Waals surface area contributed by atoms with Crippen LogP contribution in [-0.4, -0.2) is 23.2 Å². The van der Waals surface area contributed by atoms with Gasteiger partial charge in [0, 0.05) is 12.5 Å². The first-order valence-corrected chi connectivity index (χ1v) is 7.41. The maximum absolute atomic E-state index is 12.1. The molecule has 1 amide bonds. The van der Waals surface area contributed by atoms with Gasteiger partial charge in [-0.05, 0) is 43.9 Å². The highest BCUT2D eigenvalue weighted by atomic mass is 16.3. The van der Waals surface area contributed by atoms with Crippen LogP contribution in [0.3, 0.4) is 0 Å². The average Bonchev–Trinajstić information content (AvgIpc) is 2.98. The zero-order chi connectivity index (χ0) is 13.3. The third kappa shape index (κ3) is 3.25. The minimum absolute atomic E-state index is 0.177. The van der Waals surface area contributed by atoms with Crippen LogP contribution in [0.2, 0.25) is 0 Å². The van der Waals surface area contributed by atoms with Crippen molar-refractivity contribution in [1.29, 1.82) is 0 Å². The first-order valence-electron chi connectivity index (χ1n) is 7.41. The summed E-state index contributed by atoms with van der Waals surface area (Å²) in [7, 11) is 0. The Morgan fingerprint density at radius 3 is 2.39 bits per heavy atom. The molecule has 3 atom stereocenters. The lowest BCUT2D eigenvalue weighted by Gasteiger charge is -2.25. The molecule has 0 aromatic carbocycles. The van der Waals surface area contributed by atoms with E-state index in [4.69, 9.17) is 0 Å². The summed E-state index contributed by atoms with van der Waals surface area (Å²) in [4.78, 5) is 12.1. The molecule has 0 heterocycles. The van der Waals surface area contributed by atoms with Gasteiger partial charge < -0.3 is 10.4 Å². The fraction of sp³-hybridized carbons (Fsp3) is 0.933. The molecule has 0 saturated heterocycles. The molecule has 3 heteroatoms. The molecule has 104 valence electrons. The van der Waals surface area contributed by atoms with Crippen molar-refractivity contribution in [3.8, 4) is 0 Å². The summed E-state index contributed by atoms with van der Waals surface area (Å²) >= 11 is 0. The van der Waals surface area contributed by atoms with Gasteiger partial charge in [0.1, 0.15) is 0 Å². The van der Waals surface area contributed by atoms with Crippen LogP contribution in [0.5, 0.6) is 0 Å². The van der Waals surface area contributed by atoms with Gasteiger partial charge in [0.15, 0.2) is 0 Å². The van der Waals surface area contributed by atoms with Crippen molar-refractivity contribution in [2.75, 3.05) is 6.54 Å². The predicted molar refractivity (Wildman–Crippen MR) is 72.0 cm³/mol. The normalized spacial score (nSPS) is 33.7. The maximum atomic E-state index is 12.1. The summed E-state index contributed by atoms with van der Waals surface area (Å²) in [5.41, 5.74) is -0.774. The monoisotopic (exact) mass is 253 g/mol. The largest absolute Gasteiger partial charge is 0.388 e. The minimum atomic E-state index is -0.774. The van der Waals surface area contributed by atoms with Gasteiger partial charge in [0.05, 0.1) is 5.60 Å². The van der Waals surface area contributed by atoms with E-state index in [1.54, 1.807) is 0 Å². The van der Waals surface area contributed by atoms with Crippen LogP contribution in [-0.2, 0) is 4.79 Å². The van der Waals surface area contributed by atoms with Gasteiger partial charge >= 0.3 is 0 Å². The summed E-state index contributed by atoms with van der Waals surface area (Å²) in [5, 5.41) is 13.1. The standard InChI is InChI=1S/C15H27NO2/c1-10(2)8-15(3,18)9-16-14(17)13-11-6-4-5-7-12(11)13/h10-13,18H,4-9H2,1-3H3,(H,16,17). The van der Waals surface area contributed by atoms with Gasteiger partial charge in [-0.1, -0.05) is 26.7 Å². The van der Waals surface area contributed by atoms with E-state index in [1.165, 1.54) is 25.7 Å². The molecule has 0 spiro atoms. The van der Waals surface area contributed by atoms with Crippen LogP contribution in [0.4, 0.5) is 0 Å². The van der Waals surface area contributed by atoms with E-state index in [1.807, 2.05) is 6.92 Å². The SMILES string of the molecule is CC(C)CC(C)(O)CNC(=O)C1C2CCCCC21. The van der Waals surface area contributed by atoms with Crippen molar-refractivity contribution in [3.63, 3.8) is 0 Å². The lowest BCUT2D eigenvalue weighted by atomic mass is 9.94. The third-order valence-electron chi connectivity index (χ3n) is 4.45. The molecule has 18 heavy (non-hydrogen) atoms. The molecule has 2 fully saturated rings. The Labute approximate surface area is 110 Å². The van der Waals surface area contributed by atoms with Gasteiger partial charge in [-0.2, -0.15) is 0 Å². The number of hydrogen-bond acceptors (Lipinski definition) is 2. The van der Waals surface area contributed by atoms with Crippen LogP contribution in [0, 0.1) is 23.7 Å². The quantitative estimate of drug-likeness (QED) is 0.790. The molecular weight excluding hydrogens is 226 g/mol. The molecule has 2 N–H and O–H groups in total.